The van der Waals surface area contributed by atoms with Gasteiger partial charge < -0.3 is 19.9 Å². The highest BCUT2D eigenvalue weighted by molar-refractivity contribution is 5.92. The molecule has 1 saturated heterocycles. The van der Waals surface area contributed by atoms with Crippen LogP contribution in [0, 0.1) is 10.1 Å². The number of amides is 1. The maximum atomic E-state index is 12.3. The molecule has 1 fully saturated rings. The van der Waals surface area contributed by atoms with Crippen molar-refractivity contribution < 1.29 is 19.4 Å². The van der Waals surface area contributed by atoms with Gasteiger partial charge in [0, 0.05) is 17.8 Å². The molecular weight excluding hydrogens is 348 g/mol. The maximum Gasteiger partial charge on any atom is 0.279 e. The van der Waals surface area contributed by atoms with Crippen LogP contribution >= 0.6 is 0 Å². The van der Waals surface area contributed by atoms with Crippen molar-refractivity contribution in [1.29, 1.82) is 0 Å². The van der Waals surface area contributed by atoms with Gasteiger partial charge in [0.1, 0.15) is 5.75 Å². The molecule has 0 bridgehead atoms. The van der Waals surface area contributed by atoms with Crippen LogP contribution in [0.25, 0.3) is 0 Å². The first-order chi connectivity index (χ1) is 13.1. The second-order valence-corrected chi connectivity index (χ2v) is 6.44. The van der Waals surface area contributed by atoms with E-state index in [1.807, 2.05) is 24.3 Å². The molecule has 2 aromatic carbocycles. The van der Waals surface area contributed by atoms with Gasteiger partial charge in [-0.15, -0.1) is 0 Å². The van der Waals surface area contributed by atoms with Crippen molar-refractivity contribution in [2.24, 2.45) is 0 Å². The van der Waals surface area contributed by atoms with Crippen LogP contribution in [0.5, 0.6) is 5.75 Å². The number of nitrogens with zero attached hydrogens (tertiary/aromatic N) is 2. The Hall–Kier alpha value is -3.13. The number of rotatable bonds is 6. The van der Waals surface area contributed by atoms with Crippen molar-refractivity contribution in [1.82, 2.24) is 0 Å². The van der Waals surface area contributed by atoms with Crippen LogP contribution < -0.4 is 19.9 Å². The number of hydrogen-bond donors (Lipinski definition) is 2. The lowest BCUT2D eigenvalue weighted by atomic mass is 10.2. The van der Waals surface area contributed by atoms with Gasteiger partial charge in [0.15, 0.2) is 6.54 Å². The normalized spacial score (nSPS) is 14.6. The highest BCUT2D eigenvalue weighted by atomic mass is 16.6. The lowest BCUT2D eigenvalue weighted by Gasteiger charge is -2.33. The SMILES string of the molecule is COc1ccccc1NC(=O)C[NH+]1CCN(c2ccc([N+](=O)[O-])cc2)CC1. The fourth-order valence-corrected chi connectivity index (χ4v) is 3.21. The van der Waals surface area contributed by atoms with Crippen LogP contribution in [-0.2, 0) is 4.79 Å². The molecular formula is C19H23N4O4+. The fourth-order valence-electron chi connectivity index (χ4n) is 3.21. The van der Waals surface area contributed by atoms with E-state index in [9.17, 15) is 14.9 Å². The summed E-state index contributed by atoms with van der Waals surface area (Å²) in [5.74, 6) is 0.599. The van der Waals surface area contributed by atoms with Gasteiger partial charge in [0.25, 0.3) is 11.6 Å². The molecule has 0 radical (unpaired) electrons. The zero-order chi connectivity index (χ0) is 19.2. The minimum absolute atomic E-state index is 0.0433. The van der Waals surface area contributed by atoms with E-state index in [0.29, 0.717) is 18.0 Å². The zero-order valence-electron chi connectivity index (χ0n) is 15.2. The number of carbonyl (C=O) groups excluding carboxylic acids is 1. The van der Waals surface area contributed by atoms with E-state index in [1.54, 1.807) is 19.2 Å². The molecule has 8 nitrogen and oxygen atoms in total. The van der Waals surface area contributed by atoms with Gasteiger partial charge >= 0.3 is 0 Å². The summed E-state index contributed by atoms with van der Waals surface area (Å²) in [6, 6.07) is 13.9. The predicted octanol–water partition coefficient (Wildman–Crippen LogP) is 0.947. The Balaban J connectivity index is 1.50. The van der Waals surface area contributed by atoms with Crippen LogP contribution in [0.3, 0.4) is 0 Å². The molecule has 2 N–H and O–H groups in total. The molecule has 3 rings (SSSR count). The van der Waals surface area contributed by atoms with Gasteiger partial charge in [-0.1, -0.05) is 12.1 Å². The molecule has 0 aromatic heterocycles. The molecule has 27 heavy (non-hydrogen) atoms. The highest BCUT2D eigenvalue weighted by Gasteiger charge is 2.23. The van der Waals surface area contributed by atoms with Crippen molar-refractivity contribution in [3.8, 4) is 5.75 Å². The number of nitro benzene ring substituents is 1. The van der Waals surface area contributed by atoms with Crippen molar-refractivity contribution >= 4 is 23.0 Å². The smallest absolute Gasteiger partial charge is 0.279 e. The average molecular weight is 371 g/mol. The summed E-state index contributed by atoms with van der Waals surface area (Å²) in [5, 5.41) is 13.7. The van der Waals surface area contributed by atoms with Crippen molar-refractivity contribution in [3.63, 3.8) is 0 Å². The Morgan fingerprint density at radius 3 is 2.48 bits per heavy atom. The molecule has 1 aliphatic rings. The van der Waals surface area contributed by atoms with Gasteiger partial charge in [-0.05, 0) is 24.3 Å². The topological polar surface area (TPSA) is 89.2 Å². The number of carbonyl (C=O) groups is 1. The minimum Gasteiger partial charge on any atom is -0.495 e. The lowest BCUT2D eigenvalue weighted by molar-refractivity contribution is -0.892. The van der Waals surface area contributed by atoms with Crippen molar-refractivity contribution in [3.05, 3.63) is 58.6 Å². The number of benzene rings is 2. The Morgan fingerprint density at radius 1 is 1.19 bits per heavy atom. The summed E-state index contributed by atoms with van der Waals surface area (Å²) in [4.78, 5) is 26.1. The van der Waals surface area contributed by atoms with Crippen molar-refractivity contribution in [2.75, 3.05) is 50.1 Å². The molecule has 1 heterocycles. The van der Waals surface area contributed by atoms with Crippen LogP contribution in [0.2, 0.25) is 0 Å². The largest absolute Gasteiger partial charge is 0.495 e. The van der Waals surface area contributed by atoms with Crippen LogP contribution in [-0.4, -0.2) is 50.7 Å². The number of piperazine rings is 1. The molecule has 0 spiro atoms. The van der Waals surface area contributed by atoms with E-state index in [1.165, 1.54) is 17.0 Å². The number of nitrogens with one attached hydrogen (secondary N) is 2. The first-order valence-corrected chi connectivity index (χ1v) is 8.82. The van der Waals surface area contributed by atoms with E-state index >= 15 is 0 Å². The van der Waals surface area contributed by atoms with Crippen LogP contribution in [0.1, 0.15) is 0 Å². The third-order valence-electron chi connectivity index (χ3n) is 4.69. The number of para-hydroxylation sites is 2. The summed E-state index contributed by atoms with van der Waals surface area (Å²) < 4.78 is 5.25. The summed E-state index contributed by atoms with van der Waals surface area (Å²) in [5.41, 5.74) is 1.74. The standard InChI is InChI=1S/C19H22N4O4/c1-27-18-5-3-2-4-17(18)20-19(24)14-21-10-12-22(13-11-21)15-6-8-16(9-7-15)23(25)26/h2-9H,10-14H2,1H3,(H,20,24)/p+1. The Kier molecular flexibility index (Phi) is 5.87. The first-order valence-electron chi connectivity index (χ1n) is 8.82. The molecule has 142 valence electrons. The van der Waals surface area contributed by atoms with Gasteiger partial charge in [0.05, 0.1) is 43.9 Å². The second kappa shape index (κ2) is 8.50. The summed E-state index contributed by atoms with van der Waals surface area (Å²) in [7, 11) is 1.58. The average Bonchev–Trinajstić information content (AvgIpc) is 2.69. The van der Waals surface area contributed by atoms with Gasteiger partial charge in [-0.2, -0.15) is 0 Å². The van der Waals surface area contributed by atoms with Crippen LogP contribution in [0.4, 0.5) is 17.1 Å². The Bertz CT molecular complexity index is 802. The van der Waals surface area contributed by atoms with E-state index in [0.717, 1.165) is 31.9 Å². The van der Waals surface area contributed by atoms with E-state index in [2.05, 4.69) is 10.2 Å². The number of anilines is 2. The number of methoxy groups -OCH3 is 1. The molecule has 0 unspecified atom stereocenters. The monoisotopic (exact) mass is 371 g/mol. The summed E-state index contributed by atoms with van der Waals surface area (Å²) in [6.07, 6.45) is 0. The molecule has 1 aliphatic heterocycles. The number of hydrogen-bond acceptors (Lipinski definition) is 5. The molecule has 1 amide bonds. The summed E-state index contributed by atoms with van der Waals surface area (Å²) >= 11 is 0. The number of non-ortho nitro benzene ring substituents is 1. The van der Waals surface area contributed by atoms with Gasteiger partial charge in [0.2, 0.25) is 0 Å². The molecule has 0 atom stereocenters. The summed E-state index contributed by atoms with van der Waals surface area (Å²) in [6.45, 7) is 3.66. The molecule has 0 aliphatic carbocycles. The van der Waals surface area contributed by atoms with E-state index < -0.39 is 4.92 Å². The Labute approximate surface area is 157 Å². The molecule has 8 heteroatoms. The third kappa shape index (κ3) is 4.73. The first kappa shape index (κ1) is 18.7. The molecule has 0 saturated carbocycles. The number of ether oxygens (including phenoxy) is 1. The maximum absolute atomic E-state index is 12.3. The second-order valence-electron chi connectivity index (χ2n) is 6.44. The third-order valence-corrected chi connectivity index (χ3v) is 4.69. The van der Waals surface area contributed by atoms with Gasteiger partial charge in [-0.25, -0.2) is 0 Å². The van der Waals surface area contributed by atoms with Crippen molar-refractivity contribution in [2.45, 2.75) is 0 Å². The van der Waals surface area contributed by atoms with Gasteiger partial charge in [-0.3, -0.25) is 14.9 Å². The quantitative estimate of drug-likeness (QED) is 0.583. The predicted molar refractivity (Wildman–Crippen MR) is 102 cm³/mol. The minimum atomic E-state index is -0.397. The number of nitro groups is 1. The lowest BCUT2D eigenvalue weighted by Crippen LogP contribution is -3.15. The zero-order valence-corrected chi connectivity index (χ0v) is 15.2. The van der Waals surface area contributed by atoms with Crippen LogP contribution in [0.15, 0.2) is 48.5 Å². The van der Waals surface area contributed by atoms with E-state index in [4.69, 9.17) is 4.74 Å². The van der Waals surface area contributed by atoms with E-state index in [-0.39, 0.29) is 11.6 Å². The fraction of sp³-hybridized carbons (Fsp3) is 0.316. The number of quaternary nitrogens is 1. The molecule has 2 aromatic rings. The highest BCUT2D eigenvalue weighted by Crippen LogP contribution is 2.22. The Morgan fingerprint density at radius 2 is 1.85 bits per heavy atom.